The van der Waals surface area contributed by atoms with Crippen molar-refractivity contribution >= 4 is 11.9 Å². The van der Waals surface area contributed by atoms with Crippen molar-refractivity contribution in [2.45, 2.75) is 79.2 Å². The normalized spacial score (nSPS) is 11.0. The molecule has 0 spiro atoms. The zero-order valence-corrected chi connectivity index (χ0v) is 38.4. The summed E-state index contributed by atoms with van der Waals surface area (Å²) in [7, 11) is 0. The first-order chi connectivity index (χ1) is 32.6. The van der Waals surface area contributed by atoms with Crippen molar-refractivity contribution < 1.29 is 47.5 Å². The van der Waals surface area contributed by atoms with Gasteiger partial charge < -0.3 is 37.9 Å². The minimum atomic E-state index is -0.833. The second kappa shape index (κ2) is 23.5. The molecule has 344 valence electrons. The standard InChI is InChI=1S/C57H56O10/c1-5-6-32-60-56(59)47-35-49(62-37-42-24-14-8-15-25-42)53(64-39-44-28-18-10-19-29-44)54(65-40-45-30-20-11-21-31-45)51(47)66-50-34-46(55(58)67-57(2,3)4)33-48(61-36-41-22-12-7-13-23-41)52(50)63-38-43-26-16-9-17-27-43/h7-31,33-35H,5-6,32,36-40H2,1-4H3. The van der Waals surface area contributed by atoms with E-state index >= 15 is 0 Å². The molecule has 67 heavy (non-hydrogen) atoms. The highest BCUT2D eigenvalue weighted by Crippen LogP contribution is 2.52. The van der Waals surface area contributed by atoms with Crippen molar-refractivity contribution in [3.8, 4) is 40.2 Å². The van der Waals surface area contributed by atoms with Crippen LogP contribution in [0.5, 0.6) is 40.2 Å². The van der Waals surface area contributed by atoms with Crippen molar-refractivity contribution in [1.82, 2.24) is 0 Å². The lowest BCUT2D eigenvalue weighted by molar-refractivity contribution is 0.00682. The Balaban J connectivity index is 1.45. The largest absolute Gasteiger partial charge is 0.485 e. The molecular weight excluding hydrogens is 845 g/mol. The summed E-state index contributed by atoms with van der Waals surface area (Å²) < 4.78 is 52.0. The quantitative estimate of drug-likeness (QED) is 0.0482. The summed E-state index contributed by atoms with van der Waals surface area (Å²) in [6.07, 6.45) is 1.43. The van der Waals surface area contributed by atoms with Gasteiger partial charge in [0.25, 0.3) is 0 Å². The van der Waals surface area contributed by atoms with E-state index in [1.54, 1.807) is 32.9 Å². The van der Waals surface area contributed by atoms with Crippen LogP contribution in [0.15, 0.2) is 170 Å². The van der Waals surface area contributed by atoms with Crippen LogP contribution in [0.25, 0.3) is 0 Å². The molecule has 0 radical (unpaired) electrons. The van der Waals surface area contributed by atoms with E-state index < -0.39 is 17.5 Å². The molecule has 0 aliphatic rings. The lowest BCUT2D eigenvalue weighted by atomic mass is 10.1. The SMILES string of the molecule is CCCCOC(=O)c1cc(OCc2ccccc2)c(OCc2ccccc2)c(OCc2ccccc2)c1Oc1cc(C(=O)OC(C)(C)C)cc(OCc2ccccc2)c1OCc1ccccc1. The summed E-state index contributed by atoms with van der Waals surface area (Å²) >= 11 is 0. The maximum atomic E-state index is 14.5. The number of rotatable bonds is 22. The fourth-order valence-electron chi connectivity index (χ4n) is 6.74. The molecule has 0 aromatic heterocycles. The number of unbranched alkanes of at least 4 members (excludes halogenated alkanes) is 1. The number of esters is 2. The molecule has 0 aliphatic carbocycles. The molecule has 0 fully saturated rings. The predicted octanol–water partition coefficient (Wildman–Crippen LogP) is 13.3. The van der Waals surface area contributed by atoms with Gasteiger partial charge in [0.2, 0.25) is 17.2 Å². The highest BCUT2D eigenvalue weighted by Gasteiger charge is 2.32. The number of hydrogen-bond donors (Lipinski definition) is 0. The van der Waals surface area contributed by atoms with Gasteiger partial charge in [-0.2, -0.15) is 0 Å². The summed E-state index contributed by atoms with van der Waals surface area (Å²) in [5.41, 5.74) is 3.60. The van der Waals surface area contributed by atoms with Gasteiger partial charge in [0, 0.05) is 6.07 Å². The fraction of sp³-hybridized carbons (Fsp3) is 0.228. The third-order valence-electron chi connectivity index (χ3n) is 10.1. The lowest BCUT2D eigenvalue weighted by Crippen LogP contribution is -2.24. The average molecular weight is 901 g/mol. The maximum Gasteiger partial charge on any atom is 0.342 e. The average Bonchev–Trinajstić information content (AvgIpc) is 3.34. The first kappa shape index (κ1) is 47.2. The zero-order chi connectivity index (χ0) is 46.9. The number of carbonyl (C=O) groups excluding carboxylic acids is 2. The van der Waals surface area contributed by atoms with Gasteiger partial charge in [-0.15, -0.1) is 0 Å². The summed E-state index contributed by atoms with van der Waals surface area (Å²) in [5.74, 6) is -0.567. The Kier molecular flexibility index (Phi) is 16.5. The highest BCUT2D eigenvalue weighted by atomic mass is 16.6. The van der Waals surface area contributed by atoms with Crippen LogP contribution >= 0.6 is 0 Å². The van der Waals surface area contributed by atoms with Gasteiger partial charge >= 0.3 is 11.9 Å². The van der Waals surface area contributed by atoms with Gasteiger partial charge in [-0.25, -0.2) is 9.59 Å². The minimum Gasteiger partial charge on any atom is -0.485 e. The van der Waals surface area contributed by atoms with Gasteiger partial charge in [-0.1, -0.05) is 165 Å². The Hall–Kier alpha value is -7.72. The van der Waals surface area contributed by atoms with Gasteiger partial charge in [0.15, 0.2) is 23.0 Å². The summed E-state index contributed by atoms with van der Waals surface area (Å²) in [6, 6.07) is 52.8. The van der Waals surface area contributed by atoms with E-state index in [4.69, 9.17) is 37.9 Å². The van der Waals surface area contributed by atoms with Crippen LogP contribution in [0.1, 0.15) is 89.1 Å². The van der Waals surface area contributed by atoms with E-state index in [0.717, 1.165) is 34.2 Å². The Morgan fingerprint density at radius 3 is 1.25 bits per heavy atom. The Morgan fingerprint density at radius 2 is 0.821 bits per heavy atom. The zero-order valence-electron chi connectivity index (χ0n) is 38.4. The summed E-state index contributed by atoms with van der Waals surface area (Å²) in [6.45, 7) is 8.07. The van der Waals surface area contributed by atoms with Crippen molar-refractivity contribution in [3.63, 3.8) is 0 Å². The molecule has 0 bridgehead atoms. The van der Waals surface area contributed by atoms with Crippen LogP contribution in [0.3, 0.4) is 0 Å². The molecule has 0 aliphatic heterocycles. The molecule has 0 saturated heterocycles. The molecule has 7 aromatic carbocycles. The van der Waals surface area contributed by atoms with Gasteiger partial charge in [0.05, 0.1) is 12.2 Å². The molecule has 10 heteroatoms. The lowest BCUT2D eigenvalue weighted by Gasteiger charge is -2.24. The molecule has 0 amide bonds. The molecule has 0 atom stereocenters. The molecular formula is C57H56O10. The Bertz CT molecular complexity index is 2650. The summed E-state index contributed by atoms with van der Waals surface area (Å²) in [4.78, 5) is 28.6. The highest BCUT2D eigenvalue weighted by molar-refractivity contribution is 5.96. The fourth-order valence-corrected chi connectivity index (χ4v) is 6.74. The van der Waals surface area contributed by atoms with Crippen LogP contribution in [0.2, 0.25) is 0 Å². The number of benzene rings is 7. The van der Waals surface area contributed by atoms with Crippen molar-refractivity contribution in [3.05, 3.63) is 209 Å². The second-order valence-electron chi connectivity index (χ2n) is 16.7. The van der Waals surface area contributed by atoms with E-state index in [1.165, 1.54) is 6.07 Å². The molecule has 0 saturated carbocycles. The Morgan fingerprint density at radius 1 is 0.433 bits per heavy atom. The van der Waals surface area contributed by atoms with Crippen molar-refractivity contribution in [2.24, 2.45) is 0 Å². The topological polar surface area (TPSA) is 108 Å². The third kappa shape index (κ3) is 13.9. The van der Waals surface area contributed by atoms with Crippen molar-refractivity contribution in [1.29, 1.82) is 0 Å². The van der Waals surface area contributed by atoms with Crippen LogP contribution in [0.4, 0.5) is 0 Å². The van der Waals surface area contributed by atoms with Crippen LogP contribution < -0.4 is 28.4 Å². The maximum absolute atomic E-state index is 14.5. The van der Waals surface area contributed by atoms with E-state index in [1.807, 2.05) is 159 Å². The number of ether oxygens (including phenoxy) is 8. The van der Waals surface area contributed by atoms with E-state index in [2.05, 4.69) is 0 Å². The van der Waals surface area contributed by atoms with E-state index in [-0.39, 0.29) is 91.0 Å². The predicted molar refractivity (Wildman–Crippen MR) is 257 cm³/mol. The first-order valence-corrected chi connectivity index (χ1v) is 22.4. The molecule has 0 unspecified atom stereocenters. The number of hydrogen-bond acceptors (Lipinski definition) is 10. The molecule has 7 rings (SSSR count). The summed E-state index contributed by atoms with van der Waals surface area (Å²) in [5, 5.41) is 0. The van der Waals surface area contributed by atoms with Gasteiger partial charge in [-0.05, 0) is 67.1 Å². The molecule has 0 N–H and O–H groups in total. The van der Waals surface area contributed by atoms with E-state index in [9.17, 15) is 9.59 Å². The molecule has 10 nitrogen and oxygen atoms in total. The Labute approximate surface area is 392 Å². The van der Waals surface area contributed by atoms with Gasteiger partial charge in [-0.3, -0.25) is 0 Å². The second-order valence-corrected chi connectivity index (χ2v) is 16.7. The van der Waals surface area contributed by atoms with Crippen molar-refractivity contribution in [2.75, 3.05) is 6.61 Å². The van der Waals surface area contributed by atoms with Crippen LogP contribution in [-0.2, 0) is 42.5 Å². The monoisotopic (exact) mass is 900 g/mol. The first-order valence-electron chi connectivity index (χ1n) is 22.4. The minimum absolute atomic E-state index is 0.0160. The molecule has 0 heterocycles. The van der Waals surface area contributed by atoms with Gasteiger partial charge in [0.1, 0.15) is 44.2 Å². The smallest absolute Gasteiger partial charge is 0.342 e. The van der Waals surface area contributed by atoms with E-state index in [0.29, 0.717) is 6.42 Å². The van der Waals surface area contributed by atoms with Crippen LogP contribution in [0, 0.1) is 0 Å². The third-order valence-corrected chi connectivity index (χ3v) is 10.1. The number of carbonyl (C=O) groups is 2. The molecule has 7 aromatic rings. The van der Waals surface area contributed by atoms with Crippen LogP contribution in [-0.4, -0.2) is 24.1 Å².